The topological polar surface area (TPSA) is 30.9 Å². The van der Waals surface area contributed by atoms with Gasteiger partial charge in [0.2, 0.25) is 0 Å². The van der Waals surface area contributed by atoms with Crippen LogP contribution in [0.25, 0.3) is 22.3 Å². The van der Waals surface area contributed by atoms with Gasteiger partial charge in [-0.1, -0.05) is 254 Å². The molecule has 2 aliphatic rings. The van der Waals surface area contributed by atoms with Gasteiger partial charge in [-0.2, -0.15) is 0 Å². The molecule has 0 amide bonds. The summed E-state index contributed by atoms with van der Waals surface area (Å²) in [5.41, 5.74) is 13.6. The molecule has 0 saturated heterocycles. The number of hydrogen-bond acceptors (Lipinski definition) is 4. The number of hydrogen-bond donors (Lipinski definition) is 0. The van der Waals surface area contributed by atoms with Crippen LogP contribution in [0, 0.1) is 35.1 Å². The minimum atomic E-state index is -4.35. The quantitative estimate of drug-likeness (QED) is 0.00965. The van der Waals surface area contributed by atoms with E-state index in [1.165, 1.54) is 199 Å². The first-order valence-electron chi connectivity index (χ1n) is 34.2. The maximum absolute atomic E-state index is 16.2. The summed E-state index contributed by atoms with van der Waals surface area (Å²) < 4.78 is 80.7. The highest BCUT2D eigenvalue weighted by Crippen LogP contribution is 2.58. The van der Waals surface area contributed by atoms with E-state index in [0.717, 1.165) is 42.7 Å². The number of halogens is 4. The van der Waals surface area contributed by atoms with E-state index >= 15 is 17.6 Å². The molecule has 2 aliphatic carbocycles. The lowest BCUT2D eigenvalue weighted by Gasteiger charge is -2.35. The first-order valence-corrected chi connectivity index (χ1v) is 35.9. The fourth-order valence-corrected chi connectivity index (χ4v) is 17.2. The third-order valence-electron chi connectivity index (χ3n) is 18.9. The van der Waals surface area contributed by atoms with Crippen LogP contribution in [-0.2, 0) is 24.1 Å². The zero-order chi connectivity index (χ0) is 61.7. The Morgan fingerprint density at radius 2 is 0.701 bits per heavy atom. The van der Waals surface area contributed by atoms with E-state index in [-0.39, 0.29) is 30.7 Å². The molecule has 0 bridgehead atoms. The van der Waals surface area contributed by atoms with Crippen LogP contribution in [0.2, 0.25) is 0 Å². The van der Waals surface area contributed by atoms with Crippen LogP contribution < -0.4 is 10.1 Å². The highest BCUT2D eigenvalue weighted by Gasteiger charge is 2.50. The van der Waals surface area contributed by atoms with Crippen molar-refractivity contribution in [3.8, 4) is 34.1 Å². The molecule has 0 aromatic heterocycles. The minimum absolute atomic E-state index is 0.0100. The molecule has 0 N–H and O–H groups in total. The van der Waals surface area contributed by atoms with E-state index in [2.05, 4.69) is 129 Å². The van der Waals surface area contributed by atoms with Gasteiger partial charge in [-0.05, 0) is 139 Å². The van der Waals surface area contributed by atoms with Gasteiger partial charge in [0.25, 0.3) is 0 Å². The van der Waals surface area contributed by atoms with Crippen molar-refractivity contribution in [3.05, 3.63) is 166 Å². The highest BCUT2D eigenvalue weighted by atomic mass is 28.4. The lowest BCUT2D eigenvalue weighted by atomic mass is 9.70. The van der Waals surface area contributed by atoms with Crippen molar-refractivity contribution in [3.63, 3.8) is 0 Å². The van der Waals surface area contributed by atoms with Gasteiger partial charge in [0.15, 0.2) is 23.3 Å². The molecular formula is C78H101F4NO3Si. The van der Waals surface area contributed by atoms with Gasteiger partial charge in [-0.15, -0.1) is 0 Å². The molecule has 0 spiro atoms. The molecule has 468 valence electrons. The Morgan fingerprint density at radius 3 is 1.09 bits per heavy atom. The standard InChI is InChI=1S/C78H101F4NO3Si/c1-8-15-19-23-27-35-53-77(54-36-28-24-20-16-9-2)68-41-33-31-39-63(68)65-51-48-61(57-70(65)77)83(60-46-43-59(44-47-60)45-50-67-72(79)73(80)74(81)75(82)76(67)87(84-12-5,85-13-6)86-14-7)62-49-52-66-64-40-32-34-42-69(64)78(71(66)58-62,55-37-29-25-21-17-10-3)56-38-30-26-22-18-11-4/h31-34,39-44,46-49,51-52,57-58H,8-30,35-38,53-56H2,1-7H3. The monoisotopic (exact) mass is 1200 g/mol. The van der Waals surface area contributed by atoms with Crippen LogP contribution in [0.15, 0.2) is 109 Å². The van der Waals surface area contributed by atoms with Gasteiger partial charge in [-0.3, -0.25) is 0 Å². The average molecular weight is 1200 g/mol. The van der Waals surface area contributed by atoms with Crippen LogP contribution in [0.3, 0.4) is 0 Å². The molecule has 0 aliphatic heterocycles. The van der Waals surface area contributed by atoms with Gasteiger partial charge < -0.3 is 18.2 Å². The molecule has 0 unspecified atom stereocenters. The molecule has 0 radical (unpaired) electrons. The highest BCUT2D eigenvalue weighted by molar-refractivity contribution is 6.76. The second-order valence-electron chi connectivity index (χ2n) is 24.8. The smallest absolute Gasteiger partial charge is 0.370 e. The Hall–Kier alpha value is -5.50. The van der Waals surface area contributed by atoms with Crippen molar-refractivity contribution < 1.29 is 30.8 Å². The molecular weight excluding hydrogens is 1100 g/mol. The van der Waals surface area contributed by atoms with Crippen LogP contribution in [-0.4, -0.2) is 28.6 Å². The third-order valence-corrected chi connectivity index (χ3v) is 22.0. The van der Waals surface area contributed by atoms with Gasteiger partial charge >= 0.3 is 8.80 Å². The molecule has 0 heterocycles. The number of nitrogens with zero attached hydrogens (tertiary/aromatic N) is 1. The average Bonchev–Trinajstić information content (AvgIpc) is 1.63. The molecule has 9 heteroatoms. The van der Waals surface area contributed by atoms with E-state index < -0.39 is 42.8 Å². The van der Waals surface area contributed by atoms with Gasteiger partial charge in [0.05, 0.1) is 10.8 Å². The summed E-state index contributed by atoms with van der Waals surface area (Å²) in [7, 11) is -4.35. The largest absolute Gasteiger partial charge is 0.541 e. The Kier molecular flexibility index (Phi) is 25.9. The first-order chi connectivity index (χ1) is 42.5. The molecule has 87 heavy (non-hydrogen) atoms. The Bertz CT molecular complexity index is 3010. The van der Waals surface area contributed by atoms with E-state index in [0.29, 0.717) is 5.56 Å². The zero-order valence-corrected chi connectivity index (χ0v) is 55.0. The summed E-state index contributed by atoms with van der Waals surface area (Å²) in [5.74, 6) is -1.46. The molecule has 0 saturated carbocycles. The van der Waals surface area contributed by atoms with Crippen LogP contribution in [0.1, 0.15) is 262 Å². The number of fused-ring (bicyclic) bond motifs is 6. The van der Waals surface area contributed by atoms with Crippen LogP contribution >= 0.6 is 0 Å². The molecule has 8 rings (SSSR count). The van der Waals surface area contributed by atoms with Gasteiger partial charge in [-0.25, -0.2) is 17.6 Å². The summed E-state index contributed by atoms with van der Waals surface area (Å²) in [6.07, 6.45) is 34.2. The van der Waals surface area contributed by atoms with E-state index in [4.69, 9.17) is 13.3 Å². The molecule has 6 aromatic rings. The summed E-state index contributed by atoms with van der Waals surface area (Å²) in [4.78, 5) is 2.42. The van der Waals surface area contributed by atoms with Crippen molar-refractivity contribution in [2.24, 2.45) is 0 Å². The predicted molar refractivity (Wildman–Crippen MR) is 358 cm³/mol. The normalized spacial score (nSPS) is 13.5. The van der Waals surface area contributed by atoms with Crippen molar-refractivity contribution in [1.29, 1.82) is 0 Å². The van der Waals surface area contributed by atoms with Crippen molar-refractivity contribution in [1.82, 2.24) is 0 Å². The van der Waals surface area contributed by atoms with Gasteiger partial charge in [0.1, 0.15) is 0 Å². The molecule has 4 nitrogen and oxygen atoms in total. The van der Waals surface area contributed by atoms with Crippen molar-refractivity contribution in [2.45, 2.75) is 239 Å². The van der Waals surface area contributed by atoms with Crippen molar-refractivity contribution in [2.75, 3.05) is 24.7 Å². The summed E-state index contributed by atoms with van der Waals surface area (Å²) in [5, 5.41) is -0.648. The summed E-state index contributed by atoms with van der Waals surface area (Å²) in [6, 6.07) is 40.7. The maximum Gasteiger partial charge on any atom is 0.541 e. The summed E-state index contributed by atoms with van der Waals surface area (Å²) >= 11 is 0. The van der Waals surface area contributed by atoms with Crippen LogP contribution in [0.4, 0.5) is 34.6 Å². The van der Waals surface area contributed by atoms with Crippen molar-refractivity contribution >= 4 is 31.1 Å². The molecule has 6 aromatic carbocycles. The SMILES string of the molecule is CCCCCCCCC1(CCCCCCCC)c2ccccc2-c2ccc(N(c3ccc(C#Cc4c(F)c(F)c(F)c(F)c4[Si](OCC)(OCC)OCC)cc3)c3ccc4c(c3)C(CCCCCCCC)(CCCCCCCC)c3ccccc3-4)cc21. The number of unbranched alkanes of at least 4 members (excludes halogenated alkanes) is 20. The zero-order valence-electron chi connectivity index (χ0n) is 54.0. The molecule has 0 fully saturated rings. The Labute approximate surface area is 523 Å². The van der Waals surface area contributed by atoms with Gasteiger partial charge in [0, 0.05) is 53.3 Å². The first kappa shape index (κ1) is 67.4. The molecule has 0 atom stereocenters. The second-order valence-corrected chi connectivity index (χ2v) is 27.3. The summed E-state index contributed by atoms with van der Waals surface area (Å²) in [6.45, 7) is 14.1. The fraction of sp³-hybridized carbons (Fsp3) is 0.513. The second kappa shape index (κ2) is 33.4. The fourth-order valence-electron chi connectivity index (χ4n) is 14.5. The van der Waals surface area contributed by atoms with E-state index in [1.807, 2.05) is 24.3 Å². The number of rotatable bonds is 38. The minimum Gasteiger partial charge on any atom is -0.370 e. The number of anilines is 3. The number of benzene rings is 6. The Balaban J connectivity index is 1.30. The van der Waals surface area contributed by atoms with E-state index in [1.54, 1.807) is 20.8 Å². The predicted octanol–water partition coefficient (Wildman–Crippen LogP) is 22.9. The maximum atomic E-state index is 16.2. The van der Waals surface area contributed by atoms with Crippen LogP contribution in [0.5, 0.6) is 0 Å². The lowest BCUT2D eigenvalue weighted by molar-refractivity contribution is 0.0847. The Morgan fingerprint density at radius 1 is 0.356 bits per heavy atom. The van der Waals surface area contributed by atoms with E-state index in [9.17, 15) is 0 Å². The lowest BCUT2D eigenvalue weighted by Crippen LogP contribution is -2.59. The third kappa shape index (κ3) is 15.4.